The van der Waals surface area contributed by atoms with Crippen LogP contribution in [0.2, 0.25) is 0 Å². The molecule has 5 heteroatoms. The molecule has 0 aliphatic carbocycles. The lowest BCUT2D eigenvalue weighted by Crippen LogP contribution is -2.40. The van der Waals surface area contributed by atoms with Crippen LogP contribution in [0.3, 0.4) is 0 Å². The predicted octanol–water partition coefficient (Wildman–Crippen LogP) is 10.6. The highest BCUT2D eigenvalue weighted by Crippen LogP contribution is 2.55. The average molecular weight is 589 g/mol. The normalized spacial score (nSPS) is 15.7. The van der Waals surface area contributed by atoms with Gasteiger partial charge in [0.1, 0.15) is 22.6 Å². The second-order valence-electron chi connectivity index (χ2n) is 12.4. The molecule has 1 aliphatic heterocycles. The van der Waals surface area contributed by atoms with Crippen LogP contribution in [-0.4, -0.2) is 28.1 Å². The minimum absolute atomic E-state index is 0.554. The van der Waals surface area contributed by atoms with Gasteiger partial charge in [-0.2, -0.15) is 0 Å². The number of hydrogen-bond acceptors (Lipinski definition) is 4. The molecule has 1 aliphatic rings. The van der Waals surface area contributed by atoms with E-state index in [0.29, 0.717) is 0 Å². The minimum Gasteiger partial charge on any atom is -0.456 e. The van der Waals surface area contributed by atoms with Crippen LogP contribution in [0.5, 0.6) is 11.5 Å². The Bertz CT molecular complexity index is 1690. The number of para-hydroxylation sites is 1. The van der Waals surface area contributed by atoms with Crippen LogP contribution in [0.25, 0.3) is 21.8 Å². The van der Waals surface area contributed by atoms with Crippen molar-refractivity contribution < 1.29 is 4.74 Å². The summed E-state index contributed by atoms with van der Waals surface area (Å²) in [4.78, 5) is 2.38. The highest BCUT2D eigenvalue weighted by Gasteiger charge is 2.46. The first-order chi connectivity index (χ1) is 21.7. The molecular weight excluding hydrogens is 540 g/mol. The zero-order valence-electron chi connectivity index (χ0n) is 26.9. The predicted molar refractivity (Wildman–Crippen MR) is 184 cm³/mol. The molecule has 230 valence electrons. The van der Waals surface area contributed by atoms with Gasteiger partial charge in [0.25, 0.3) is 0 Å². The zero-order valence-corrected chi connectivity index (χ0v) is 26.9. The summed E-state index contributed by atoms with van der Waals surface area (Å²) in [5.74, 6) is 1.84. The Morgan fingerprint density at radius 2 is 1.41 bits per heavy atom. The molecule has 0 N–H and O–H groups in total. The van der Waals surface area contributed by atoms with Crippen LogP contribution in [0.1, 0.15) is 103 Å². The van der Waals surface area contributed by atoms with Crippen molar-refractivity contribution in [2.24, 2.45) is 0 Å². The molecule has 6 rings (SSSR count). The van der Waals surface area contributed by atoms with Gasteiger partial charge in [-0.3, -0.25) is 0 Å². The average Bonchev–Trinajstić information content (AvgIpc) is 3.50. The molecule has 0 fully saturated rings. The summed E-state index contributed by atoms with van der Waals surface area (Å²) >= 11 is 0. The number of fused-ring (bicyclic) bond motifs is 5. The van der Waals surface area contributed by atoms with Gasteiger partial charge in [-0.25, -0.2) is 4.68 Å². The van der Waals surface area contributed by atoms with Crippen LogP contribution in [-0.2, 0) is 5.54 Å². The molecule has 0 amide bonds. The van der Waals surface area contributed by atoms with Crippen molar-refractivity contribution in [1.29, 1.82) is 0 Å². The molecular formula is C39H48N4O. The first-order valence-corrected chi connectivity index (χ1v) is 17.1. The first-order valence-electron chi connectivity index (χ1n) is 17.1. The molecule has 1 atom stereocenters. The molecule has 0 radical (unpaired) electrons. The third-order valence-corrected chi connectivity index (χ3v) is 9.67. The zero-order chi connectivity index (χ0) is 30.4. The lowest BCUT2D eigenvalue weighted by Gasteiger charge is -2.42. The molecule has 5 aromatic rings. The topological polar surface area (TPSA) is 43.2 Å². The molecule has 44 heavy (non-hydrogen) atoms. The van der Waals surface area contributed by atoms with Crippen LogP contribution >= 0.6 is 0 Å². The maximum Gasteiger partial charge on any atom is 0.135 e. The molecule has 5 nitrogen and oxygen atoms in total. The summed E-state index contributed by atoms with van der Waals surface area (Å²) in [5.41, 5.74) is 4.98. The lowest BCUT2D eigenvalue weighted by atomic mass is 9.74. The van der Waals surface area contributed by atoms with Crippen molar-refractivity contribution in [3.63, 3.8) is 0 Å². The number of rotatable bonds is 15. The third kappa shape index (κ3) is 5.69. The van der Waals surface area contributed by atoms with E-state index in [-0.39, 0.29) is 0 Å². The smallest absolute Gasteiger partial charge is 0.135 e. The Hall–Kier alpha value is -3.86. The van der Waals surface area contributed by atoms with Gasteiger partial charge in [0.05, 0.1) is 5.52 Å². The van der Waals surface area contributed by atoms with Gasteiger partial charge in [-0.1, -0.05) is 125 Å². The Labute approximate surface area is 263 Å². The Kier molecular flexibility index (Phi) is 9.49. The molecule has 2 heterocycles. The van der Waals surface area contributed by atoms with E-state index in [1.165, 1.54) is 85.4 Å². The fourth-order valence-corrected chi connectivity index (χ4v) is 7.34. The van der Waals surface area contributed by atoms with E-state index in [4.69, 9.17) is 15.0 Å². The molecule has 4 aromatic carbocycles. The highest BCUT2D eigenvalue weighted by atomic mass is 16.5. The van der Waals surface area contributed by atoms with Gasteiger partial charge < -0.3 is 9.64 Å². The van der Waals surface area contributed by atoms with E-state index in [1.807, 2.05) is 6.07 Å². The SMILES string of the molecule is CCCCCCCCCCCCC1(n2nnc3ccccc32)c2ccc(N(CC)CC)cc2Oc2ccc3ccccc3c21. The molecule has 0 saturated heterocycles. The summed E-state index contributed by atoms with van der Waals surface area (Å²) in [6.45, 7) is 8.61. The number of anilines is 1. The summed E-state index contributed by atoms with van der Waals surface area (Å²) < 4.78 is 9.06. The van der Waals surface area contributed by atoms with E-state index in [9.17, 15) is 0 Å². The van der Waals surface area contributed by atoms with Crippen LogP contribution in [0.15, 0.2) is 78.9 Å². The fraction of sp³-hybridized carbons (Fsp3) is 0.436. The maximum absolute atomic E-state index is 6.84. The quantitative estimate of drug-likeness (QED) is 0.114. The van der Waals surface area contributed by atoms with Crippen LogP contribution in [0, 0.1) is 0 Å². The number of benzene rings is 4. The third-order valence-electron chi connectivity index (χ3n) is 9.67. The number of ether oxygens (including phenoxy) is 1. The number of unbranched alkanes of at least 4 members (excludes halogenated alkanes) is 9. The van der Waals surface area contributed by atoms with Crippen LogP contribution in [0.4, 0.5) is 5.69 Å². The van der Waals surface area contributed by atoms with Crippen LogP contribution < -0.4 is 9.64 Å². The van der Waals surface area contributed by atoms with E-state index in [0.717, 1.165) is 48.5 Å². The number of hydrogen-bond donors (Lipinski definition) is 0. The lowest BCUT2D eigenvalue weighted by molar-refractivity contribution is 0.306. The molecule has 1 unspecified atom stereocenters. The van der Waals surface area contributed by atoms with Crippen molar-refractivity contribution in [3.05, 3.63) is 90.0 Å². The van der Waals surface area contributed by atoms with Crippen molar-refractivity contribution in [2.45, 2.75) is 96.9 Å². The van der Waals surface area contributed by atoms with Gasteiger partial charge in [0.15, 0.2) is 0 Å². The molecule has 0 spiro atoms. The highest BCUT2D eigenvalue weighted by molar-refractivity contribution is 5.91. The van der Waals surface area contributed by atoms with Gasteiger partial charge >= 0.3 is 0 Å². The largest absolute Gasteiger partial charge is 0.456 e. The summed E-state index contributed by atoms with van der Waals surface area (Å²) in [7, 11) is 0. The van der Waals surface area contributed by atoms with Crippen molar-refractivity contribution in [1.82, 2.24) is 15.0 Å². The summed E-state index contributed by atoms with van der Waals surface area (Å²) in [5, 5.41) is 12.1. The Morgan fingerprint density at radius 3 is 2.18 bits per heavy atom. The van der Waals surface area contributed by atoms with Gasteiger partial charge in [-0.05, 0) is 55.3 Å². The summed E-state index contributed by atoms with van der Waals surface area (Å²) in [6, 6.07) is 28.3. The molecule has 0 saturated carbocycles. The number of aromatic nitrogens is 3. The van der Waals surface area contributed by atoms with Gasteiger partial charge in [0.2, 0.25) is 0 Å². The minimum atomic E-state index is -0.554. The summed E-state index contributed by atoms with van der Waals surface area (Å²) in [6.07, 6.45) is 14.0. The Morgan fingerprint density at radius 1 is 0.705 bits per heavy atom. The van der Waals surface area contributed by atoms with Gasteiger partial charge in [-0.15, -0.1) is 5.10 Å². The van der Waals surface area contributed by atoms with E-state index >= 15 is 0 Å². The second kappa shape index (κ2) is 13.8. The van der Waals surface area contributed by atoms with E-state index in [2.05, 4.69) is 103 Å². The molecule has 1 aromatic heterocycles. The fourth-order valence-electron chi connectivity index (χ4n) is 7.34. The molecule has 0 bridgehead atoms. The van der Waals surface area contributed by atoms with Crippen molar-refractivity contribution in [2.75, 3.05) is 18.0 Å². The maximum atomic E-state index is 6.84. The van der Waals surface area contributed by atoms with Gasteiger partial charge in [0, 0.05) is 36.0 Å². The van der Waals surface area contributed by atoms with E-state index in [1.54, 1.807) is 0 Å². The number of nitrogens with zero attached hydrogens (tertiary/aromatic N) is 4. The Balaban J connectivity index is 1.44. The first kappa shape index (κ1) is 30.2. The van der Waals surface area contributed by atoms with Crippen molar-refractivity contribution >= 4 is 27.5 Å². The monoisotopic (exact) mass is 588 g/mol. The van der Waals surface area contributed by atoms with Crippen molar-refractivity contribution in [3.8, 4) is 11.5 Å². The standard InChI is InChI=1S/C39H48N4O/c1-4-7-8-9-10-11-12-13-14-19-28-39(43-35-23-18-17-22-34(35)40-41-43)33-26-25-31(42(5-2)6-3)29-37(33)44-36-27-24-30-20-15-16-21-32(30)38(36)39/h15-18,20-27,29H,4-14,19,28H2,1-3H3. The second-order valence-corrected chi connectivity index (χ2v) is 12.4. The van der Waals surface area contributed by atoms with E-state index < -0.39 is 5.54 Å².